The summed E-state index contributed by atoms with van der Waals surface area (Å²) in [5, 5.41) is 15.3. The maximum atomic E-state index is 4.76. The largest absolute Gasteiger partial charge is 0.356 e. The van der Waals surface area contributed by atoms with Crippen molar-refractivity contribution >= 4 is 41.3 Å². The van der Waals surface area contributed by atoms with Gasteiger partial charge < -0.3 is 10.6 Å². The Labute approximate surface area is 199 Å². The summed E-state index contributed by atoms with van der Waals surface area (Å²) in [6, 6.07) is 24.5. The molecule has 4 rings (SSSR count). The zero-order chi connectivity index (χ0) is 20.6. The van der Waals surface area contributed by atoms with E-state index >= 15 is 0 Å². The zero-order valence-corrected chi connectivity index (χ0v) is 19.9. The molecule has 0 spiro atoms. The number of para-hydroxylation sites is 1. The van der Waals surface area contributed by atoms with Crippen molar-refractivity contribution in [2.24, 2.45) is 4.99 Å². The van der Waals surface area contributed by atoms with Gasteiger partial charge in [0.2, 0.25) is 0 Å². The normalized spacial score (nSPS) is 11.2. The van der Waals surface area contributed by atoms with Crippen LogP contribution in [0.1, 0.15) is 23.4 Å². The molecule has 2 aromatic carbocycles. The zero-order valence-electron chi connectivity index (χ0n) is 17.5. The number of aromatic nitrogens is 3. The first kappa shape index (κ1) is 22.7. The molecule has 0 radical (unpaired) electrons. The van der Waals surface area contributed by atoms with Gasteiger partial charge in [-0.05, 0) is 43.2 Å². The number of aryl methyl sites for hydroxylation is 2. The second kappa shape index (κ2) is 11.5. The molecule has 0 amide bonds. The van der Waals surface area contributed by atoms with E-state index in [1.165, 1.54) is 11.1 Å². The lowest BCUT2D eigenvalue weighted by molar-refractivity contribution is 0.730. The first-order valence-electron chi connectivity index (χ1n) is 10.2. The molecule has 2 aromatic heterocycles. The number of hydrogen-bond acceptors (Lipinski definition) is 3. The molecule has 0 aliphatic heterocycles. The summed E-state index contributed by atoms with van der Waals surface area (Å²) < 4.78 is 2.04. The highest BCUT2D eigenvalue weighted by molar-refractivity contribution is 14.0. The van der Waals surface area contributed by atoms with Gasteiger partial charge in [0.05, 0.1) is 6.54 Å². The van der Waals surface area contributed by atoms with Crippen LogP contribution in [0.15, 0.2) is 84.0 Å². The Bertz CT molecular complexity index is 1110. The summed E-state index contributed by atoms with van der Waals surface area (Å²) in [5.41, 5.74) is 4.33. The Morgan fingerprint density at radius 1 is 0.935 bits per heavy atom. The third-order valence-corrected chi connectivity index (χ3v) is 4.83. The van der Waals surface area contributed by atoms with Gasteiger partial charge in [0.1, 0.15) is 5.82 Å². The summed E-state index contributed by atoms with van der Waals surface area (Å²) in [5.74, 6) is 1.74. The fourth-order valence-corrected chi connectivity index (χ4v) is 3.18. The van der Waals surface area contributed by atoms with Crippen LogP contribution in [0, 0.1) is 6.92 Å². The molecule has 0 saturated carbocycles. The van der Waals surface area contributed by atoms with Crippen LogP contribution in [0.5, 0.6) is 0 Å². The van der Waals surface area contributed by atoms with Crippen molar-refractivity contribution in [2.75, 3.05) is 11.9 Å². The van der Waals surface area contributed by atoms with E-state index in [-0.39, 0.29) is 24.0 Å². The van der Waals surface area contributed by atoms with E-state index in [4.69, 9.17) is 4.99 Å². The van der Waals surface area contributed by atoms with Gasteiger partial charge in [0.15, 0.2) is 11.6 Å². The molecule has 2 heterocycles. The Morgan fingerprint density at radius 2 is 1.71 bits per heavy atom. The van der Waals surface area contributed by atoms with Gasteiger partial charge in [-0.1, -0.05) is 54.1 Å². The average molecular weight is 526 g/mol. The van der Waals surface area contributed by atoms with Crippen LogP contribution < -0.4 is 10.6 Å². The number of nitrogens with zero attached hydrogens (tertiary/aromatic N) is 4. The van der Waals surface area contributed by atoms with Crippen LogP contribution in [-0.4, -0.2) is 27.1 Å². The van der Waals surface area contributed by atoms with Crippen molar-refractivity contribution in [1.82, 2.24) is 19.9 Å². The van der Waals surface area contributed by atoms with Gasteiger partial charge in [-0.3, -0.25) is 4.40 Å². The molecule has 2 N–H and O–H groups in total. The van der Waals surface area contributed by atoms with Crippen molar-refractivity contribution in [3.63, 3.8) is 0 Å². The molecule has 31 heavy (non-hydrogen) atoms. The number of fused-ring (bicyclic) bond motifs is 1. The van der Waals surface area contributed by atoms with Crippen molar-refractivity contribution in [3.8, 4) is 0 Å². The predicted molar refractivity (Wildman–Crippen MR) is 137 cm³/mol. The van der Waals surface area contributed by atoms with E-state index in [0.29, 0.717) is 6.54 Å². The molecular formula is C24H27IN6. The van der Waals surface area contributed by atoms with Gasteiger partial charge in [0.25, 0.3) is 0 Å². The van der Waals surface area contributed by atoms with Gasteiger partial charge in [0, 0.05) is 24.8 Å². The molecule has 0 aliphatic carbocycles. The van der Waals surface area contributed by atoms with Crippen molar-refractivity contribution in [2.45, 2.75) is 26.3 Å². The Hall–Kier alpha value is -2.94. The predicted octanol–water partition coefficient (Wildman–Crippen LogP) is 4.85. The maximum absolute atomic E-state index is 4.76. The average Bonchev–Trinajstić information content (AvgIpc) is 3.20. The minimum Gasteiger partial charge on any atom is -0.356 e. The number of pyridine rings is 1. The SMILES string of the molecule is Cc1ccc(CN=C(NCCCc2nnc3ccccn23)Nc2ccccc2)cc1.I. The summed E-state index contributed by atoms with van der Waals surface area (Å²) in [4.78, 5) is 4.76. The summed E-state index contributed by atoms with van der Waals surface area (Å²) in [6.45, 7) is 3.50. The Morgan fingerprint density at radius 3 is 2.52 bits per heavy atom. The maximum Gasteiger partial charge on any atom is 0.196 e. The number of benzene rings is 2. The summed E-state index contributed by atoms with van der Waals surface area (Å²) in [7, 11) is 0. The van der Waals surface area contributed by atoms with E-state index in [1.807, 2.05) is 59.1 Å². The van der Waals surface area contributed by atoms with Gasteiger partial charge >= 0.3 is 0 Å². The second-order valence-corrected chi connectivity index (χ2v) is 7.22. The van der Waals surface area contributed by atoms with Crippen LogP contribution in [0.25, 0.3) is 5.65 Å². The van der Waals surface area contributed by atoms with Crippen LogP contribution in [0.2, 0.25) is 0 Å². The Kier molecular flexibility index (Phi) is 8.40. The molecular weight excluding hydrogens is 499 g/mol. The molecule has 7 heteroatoms. The summed E-state index contributed by atoms with van der Waals surface area (Å²) >= 11 is 0. The number of rotatable bonds is 7. The van der Waals surface area contributed by atoms with E-state index in [2.05, 4.69) is 52.0 Å². The molecule has 4 aromatic rings. The van der Waals surface area contributed by atoms with Crippen LogP contribution in [-0.2, 0) is 13.0 Å². The number of anilines is 1. The lowest BCUT2D eigenvalue weighted by Crippen LogP contribution is -2.32. The molecule has 0 fully saturated rings. The third-order valence-electron chi connectivity index (χ3n) is 4.83. The molecule has 0 atom stereocenters. The minimum absolute atomic E-state index is 0. The van der Waals surface area contributed by atoms with E-state index in [9.17, 15) is 0 Å². The molecule has 6 nitrogen and oxygen atoms in total. The lowest BCUT2D eigenvalue weighted by Gasteiger charge is -2.13. The monoisotopic (exact) mass is 526 g/mol. The molecule has 0 aliphatic rings. The summed E-state index contributed by atoms with van der Waals surface area (Å²) in [6.07, 6.45) is 3.77. The van der Waals surface area contributed by atoms with E-state index < -0.39 is 0 Å². The fraction of sp³-hybridized carbons (Fsp3) is 0.208. The molecule has 0 saturated heterocycles. The quantitative estimate of drug-likeness (QED) is 0.157. The number of nitrogens with one attached hydrogen (secondary N) is 2. The topological polar surface area (TPSA) is 66.6 Å². The number of hydrogen-bond donors (Lipinski definition) is 2. The second-order valence-electron chi connectivity index (χ2n) is 7.22. The highest BCUT2D eigenvalue weighted by atomic mass is 127. The molecule has 0 unspecified atom stereocenters. The third kappa shape index (κ3) is 6.52. The van der Waals surface area contributed by atoms with Crippen LogP contribution in [0.3, 0.4) is 0 Å². The minimum atomic E-state index is 0. The highest BCUT2D eigenvalue weighted by Gasteiger charge is 2.05. The lowest BCUT2D eigenvalue weighted by atomic mass is 10.1. The first-order valence-corrected chi connectivity index (χ1v) is 10.2. The first-order chi connectivity index (χ1) is 14.8. The molecule has 0 bridgehead atoms. The van der Waals surface area contributed by atoms with Gasteiger partial charge in [-0.15, -0.1) is 34.2 Å². The van der Waals surface area contributed by atoms with Gasteiger partial charge in [-0.2, -0.15) is 0 Å². The number of guanidine groups is 1. The smallest absolute Gasteiger partial charge is 0.196 e. The number of aliphatic imine (C=N–C) groups is 1. The Balaban J connectivity index is 0.00000272. The standard InChI is InChI=1S/C24H26N6.HI/c1-19-12-14-20(15-13-19)18-26-24(27-21-8-3-2-4-9-21)25-16-7-11-23-29-28-22-10-5-6-17-30(22)23;/h2-6,8-10,12-15,17H,7,11,16,18H2,1H3,(H2,25,26,27);1H. The van der Waals surface area contributed by atoms with Crippen LogP contribution in [0.4, 0.5) is 5.69 Å². The van der Waals surface area contributed by atoms with Crippen molar-refractivity contribution in [3.05, 3.63) is 95.9 Å². The van der Waals surface area contributed by atoms with Crippen LogP contribution >= 0.6 is 24.0 Å². The fourth-order valence-electron chi connectivity index (χ4n) is 3.18. The van der Waals surface area contributed by atoms with E-state index in [1.54, 1.807) is 0 Å². The van der Waals surface area contributed by atoms with Gasteiger partial charge in [-0.25, -0.2) is 4.99 Å². The molecule has 160 valence electrons. The number of halogens is 1. The highest BCUT2D eigenvalue weighted by Crippen LogP contribution is 2.08. The van der Waals surface area contributed by atoms with E-state index in [0.717, 1.165) is 42.5 Å². The van der Waals surface area contributed by atoms with Crippen molar-refractivity contribution < 1.29 is 0 Å². The van der Waals surface area contributed by atoms with Crippen molar-refractivity contribution in [1.29, 1.82) is 0 Å².